The van der Waals surface area contributed by atoms with E-state index in [1.807, 2.05) is 30.1 Å². The van der Waals surface area contributed by atoms with Gasteiger partial charge in [-0.15, -0.1) is 0 Å². The molecule has 0 aromatic heterocycles. The van der Waals surface area contributed by atoms with Crippen molar-refractivity contribution in [1.29, 1.82) is 0 Å². The maximum Gasteiger partial charge on any atom is 0.123 e. The average molecular weight is 260 g/mol. The van der Waals surface area contributed by atoms with Gasteiger partial charge in [0.15, 0.2) is 0 Å². The van der Waals surface area contributed by atoms with E-state index in [2.05, 4.69) is 6.58 Å². The van der Waals surface area contributed by atoms with Gasteiger partial charge in [-0.25, -0.2) is 0 Å². The number of rotatable bonds is 5. The Hall–Kier alpha value is -0.700. The number of benzene rings is 1. The maximum absolute atomic E-state index is 5.95. The van der Waals surface area contributed by atoms with E-state index in [-0.39, 0.29) is 0 Å². The summed E-state index contributed by atoms with van der Waals surface area (Å²) in [5.74, 6) is 0.830. The predicted molar refractivity (Wildman–Crippen MR) is 69.3 cm³/mol. The lowest BCUT2D eigenvalue weighted by atomic mass is 10.2. The summed E-state index contributed by atoms with van der Waals surface area (Å²) in [6.45, 7) is 5.02. The summed E-state index contributed by atoms with van der Waals surface area (Å²) < 4.78 is 5.27. The molecule has 1 aromatic carbocycles. The molecule has 0 unspecified atom stereocenters. The molecule has 2 nitrogen and oxygen atoms in total. The van der Waals surface area contributed by atoms with Crippen LogP contribution in [0.3, 0.4) is 0 Å². The fraction of sp³-hybridized carbons (Fsp3) is 0.333. The highest BCUT2D eigenvalue weighted by molar-refractivity contribution is 6.30. The van der Waals surface area contributed by atoms with Crippen LogP contribution >= 0.6 is 23.2 Å². The van der Waals surface area contributed by atoms with Crippen molar-refractivity contribution < 1.29 is 4.74 Å². The van der Waals surface area contributed by atoms with Gasteiger partial charge in [-0.2, -0.15) is 0 Å². The number of hydrogen-bond donors (Lipinski definition) is 0. The molecule has 1 aromatic rings. The van der Waals surface area contributed by atoms with Crippen molar-refractivity contribution in [2.24, 2.45) is 0 Å². The first-order valence-corrected chi connectivity index (χ1v) is 5.62. The molecule has 0 aliphatic heterocycles. The highest BCUT2D eigenvalue weighted by Gasteiger charge is 2.07. The van der Waals surface area contributed by atoms with Crippen LogP contribution in [0, 0.1) is 0 Å². The highest BCUT2D eigenvalue weighted by atomic mass is 35.5. The van der Waals surface area contributed by atoms with E-state index in [0.717, 1.165) is 17.9 Å². The number of nitrogens with zero attached hydrogens (tertiary/aromatic N) is 1. The zero-order valence-electron chi connectivity index (χ0n) is 9.46. The SMILES string of the molecule is C=C(Cl)CN(C)Cc1cc(Cl)ccc1OC. The van der Waals surface area contributed by atoms with Gasteiger partial charge in [0.1, 0.15) is 5.75 Å². The van der Waals surface area contributed by atoms with Crippen molar-refractivity contribution in [2.75, 3.05) is 20.7 Å². The predicted octanol–water partition coefficient (Wildman–Crippen LogP) is 3.53. The standard InChI is InChI=1S/C12H15Cl2NO/c1-9(13)7-15(2)8-10-6-11(14)4-5-12(10)16-3/h4-6H,1,7-8H2,2-3H3. The molecule has 0 saturated carbocycles. The highest BCUT2D eigenvalue weighted by Crippen LogP contribution is 2.23. The van der Waals surface area contributed by atoms with Gasteiger partial charge in [0.25, 0.3) is 0 Å². The van der Waals surface area contributed by atoms with Crippen LogP contribution in [-0.2, 0) is 6.54 Å². The van der Waals surface area contributed by atoms with E-state index in [1.54, 1.807) is 7.11 Å². The van der Waals surface area contributed by atoms with E-state index in [0.29, 0.717) is 16.6 Å². The molecule has 1 rings (SSSR count). The molecule has 0 bridgehead atoms. The van der Waals surface area contributed by atoms with Crippen LogP contribution in [0.2, 0.25) is 5.02 Å². The lowest BCUT2D eigenvalue weighted by Crippen LogP contribution is -2.19. The number of hydrogen-bond acceptors (Lipinski definition) is 2. The number of halogens is 2. The van der Waals surface area contributed by atoms with E-state index >= 15 is 0 Å². The second-order valence-corrected chi connectivity index (χ2v) is 4.62. The molecule has 0 saturated heterocycles. The van der Waals surface area contributed by atoms with Crippen molar-refractivity contribution in [1.82, 2.24) is 4.90 Å². The van der Waals surface area contributed by atoms with Crippen molar-refractivity contribution in [3.63, 3.8) is 0 Å². The summed E-state index contributed by atoms with van der Waals surface area (Å²) in [5.41, 5.74) is 1.04. The number of ether oxygens (including phenoxy) is 1. The van der Waals surface area contributed by atoms with Gasteiger partial charge in [-0.05, 0) is 25.2 Å². The Balaban J connectivity index is 2.78. The molecule has 0 heterocycles. The molecule has 0 N–H and O–H groups in total. The van der Waals surface area contributed by atoms with Crippen molar-refractivity contribution in [3.05, 3.63) is 40.4 Å². The fourth-order valence-corrected chi connectivity index (χ4v) is 1.91. The van der Waals surface area contributed by atoms with E-state index in [9.17, 15) is 0 Å². The Bertz CT molecular complexity index is 379. The first-order valence-electron chi connectivity index (χ1n) is 4.87. The zero-order chi connectivity index (χ0) is 12.1. The zero-order valence-corrected chi connectivity index (χ0v) is 11.0. The maximum atomic E-state index is 5.95. The van der Waals surface area contributed by atoms with Crippen molar-refractivity contribution >= 4 is 23.2 Å². The van der Waals surface area contributed by atoms with Gasteiger partial charge < -0.3 is 4.74 Å². The Morgan fingerprint density at radius 1 is 1.50 bits per heavy atom. The summed E-state index contributed by atoms with van der Waals surface area (Å²) in [6, 6.07) is 5.57. The summed E-state index contributed by atoms with van der Waals surface area (Å²) >= 11 is 11.7. The minimum atomic E-state index is 0.614. The van der Waals surface area contributed by atoms with E-state index in [1.165, 1.54) is 0 Å². The molecule has 0 aliphatic rings. The molecular weight excluding hydrogens is 245 g/mol. The number of likely N-dealkylation sites (N-methyl/N-ethyl adjacent to an activating group) is 1. The topological polar surface area (TPSA) is 12.5 Å². The van der Waals surface area contributed by atoms with Crippen LogP contribution < -0.4 is 4.74 Å². The Labute approximate surface area is 106 Å². The van der Waals surface area contributed by atoms with Crippen molar-refractivity contribution in [2.45, 2.75) is 6.54 Å². The summed E-state index contributed by atoms with van der Waals surface area (Å²) in [6.07, 6.45) is 0. The minimum Gasteiger partial charge on any atom is -0.496 e. The third kappa shape index (κ3) is 4.05. The van der Waals surface area contributed by atoms with Gasteiger partial charge in [0.05, 0.1) is 7.11 Å². The number of methoxy groups -OCH3 is 1. The van der Waals surface area contributed by atoms with E-state index < -0.39 is 0 Å². The monoisotopic (exact) mass is 259 g/mol. The summed E-state index contributed by atoms with van der Waals surface area (Å²) in [4.78, 5) is 2.05. The first kappa shape index (κ1) is 13.4. The Morgan fingerprint density at radius 3 is 2.75 bits per heavy atom. The fourth-order valence-electron chi connectivity index (χ4n) is 1.51. The summed E-state index contributed by atoms with van der Waals surface area (Å²) in [7, 11) is 3.61. The third-order valence-electron chi connectivity index (χ3n) is 2.12. The second kappa shape index (κ2) is 6.14. The van der Waals surface area contributed by atoms with Gasteiger partial charge in [0, 0.05) is 28.7 Å². The molecule has 0 radical (unpaired) electrons. The van der Waals surface area contributed by atoms with Crippen LogP contribution in [0.5, 0.6) is 5.75 Å². The molecule has 88 valence electrons. The minimum absolute atomic E-state index is 0.614. The van der Waals surface area contributed by atoms with Crippen LogP contribution in [-0.4, -0.2) is 25.6 Å². The van der Waals surface area contributed by atoms with Crippen LogP contribution in [0.4, 0.5) is 0 Å². The summed E-state index contributed by atoms with van der Waals surface area (Å²) in [5, 5.41) is 1.32. The van der Waals surface area contributed by atoms with Gasteiger partial charge in [0.2, 0.25) is 0 Å². The second-order valence-electron chi connectivity index (χ2n) is 3.65. The normalized spacial score (nSPS) is 10.6. The van der Waals surface area contributed by atoms with Crippen molar-refractivity contribution in [3.8, 4) is 5.75 Å². The molecule has 0 aliphatic carbocycles. The lowest BCUT2D eigenvalue weighted by molar-refractivity contribution is 0.345. The largest absolute Gasteiger partial charge is 0.496 e. The van der Waals surface area contributed by atoms with Crippen LogP contribution in [0.1, 0.15) is 5.56 Å². The molecule has 16 heavy (non-hydrogen) atoms. The molecule has 4 heteroatoms. The van der Waals surface area contributed by atoms with Gasteiger partial charge in [-0.3, -0.25) is 4.90 Å². The van der Waals surface area contributed by atoms with Crippen LogP contribution in [0.25, 0.3) is 0 Å². The van der Waals surface area contributed by atoms with Crippen LogP contribution in [0.15, 0.2) is 29.8 Å². The average Bonchev–Trinajstić information content (AvgIpc) is 2.16. The Kier molecular flexibility index (Phi) is 5.13. The van der Waals surface area contributed by atoms with E-state index in [4.69, 9.17) is 27.9 Å². The molecule has 0 amide bonds. The smallest absolute Gasteiger partial charge is 0.123 e. The third-order valence-corrected chi connectivity index (χ3v) is 2.48. The molecule has 0 fully saturated rings. The Morgan fingerprint density at radius 2 is 2.19 bits per heavy atom. The van der Waals surface area contributed by atoms with Gasteiger partial charge >= 0.3 is 0 Å². The molecule has 0 atom stereocenters. The quantitative estimate of drug-likeness (QED) is 0.803. The molecular formula is C12H15Cl2NO. The molecule has 0 spiro atoms. The first-order chi connectivity index (χ1) is 7.52. The van der Waals surface area contributed by atoms with Gasteiger partial charge in [-0.1, -0.05) is 29.8 Å². The lowest BCUT2D eigenvalue weighted by Gasteiger charge is -2.17.